The Labute approximate surface area is 217 Å². The average molecular weight is 527 g/mol. The summed E-state index contributed by atoms with van der Waals surface area (Å²) in [5.74, 6) is 1.50. The van der Waals surface area contributed by atoms with Crippen LogP contribution in [0.5, 0.6) is 5.75 Å². The van der Waals surface area contributed by atoms with Gasteiger partial charge in [-0.25, -0.2) is 9.97 Å². The van der Waals surface area contributed by atoms with E-state index in [0.29, 0.717) is 18.5 Å². The number of hydrogen-bond donors (Lipinski definition) is 1. The van der Waals surface area contributed by atoms with E-state index in [1.807, 2.05) is 12.1 Å². The van der Waals surface area contributed by atoms with Gasteiger partial charge in [0.1, 0.15) is 35.7 Å². The molecule has 4 heterocycles. The second-order valence-corrected chi connectivity index (χ2v) is 12.5. The van der Waals surface area contributed by atoms with Crippen LogP contribution in [-0.2, 0) is 19.0 Å². The van der Waals surface area contributed by atoms with E-state index in [0.717, 1.165) is 85.5 Å². The highest BCUT2D eigenvalue weighted by molar-refractivity contribution is 7.85. The van der Waals surface area contributed by atoms with Gasteiger partial charge in [-0.1, -0.05) is 12.1 Å². The summed E-state index contributed by atoms with van der Waals surface area (Å²) in [6.07, 6.45) is 13.2. The molecule has 0 unspecified atom stereocenters. The van der Waals surface area contributed by atoms with Crippen molar-refractivity contribution in [2.45, 2.75) is 69.1 Å². The minimum atomic E-state index is -3.42. The molecule has 0 spiro atoms. The van der Waals surface area contributed by atoms with Crippen molar-refractivity contribution in [3.8, 4) is 16.9 Å². The molecule has 2 aliphatic heterocycles. The fourth-order valence-corrected chi connectivity index (χ4v) is 6.71. The molecule has 2 bridgehead atoms. The van der Waals surface area contributed by atoms with Gasteiger partial charge in [-0.05, 0) is 75.0 Å². The van der Waals surface area contributed by atoms with Crippen molar-refractivity contribution in [2.75, 3.05) is 25.2 Å². The van der Waals surface area contributed by atoms with E-state index < -0.39 is 10.1 Å². The van der Waals surface area contributed by atoms with Crippen LogP contribution in [0.15, 0.2) is 36.8 Å². The molecule has 10 heteroatoms. The van der Waals surface area contributed by atoms with Crippen molar-refractivity contribution in [1.82, 2.24) is 14.5 Å². The molecular formula is C27H34N4O5S. The zero-order valence-corrected chi connectivity index (χ0v) is 22.0. The Balaban J connectivity index is 1.23. The van der Waals surface area contributed by atoms with Crippen molar-refractivity contribution < 1.29 is 22.1 Å². The van der Waals surface area contributed by atoms with E-state index in [9.17, 15) is 8.42 Å². The molecule has 2 N–H and O–H groups in total. The lowest BCUT2D eigenvalue weighted by Gasteiger charge is -2.29. The molecule has 3 fully saturated rings. The highest BCUT2D eigenvalue weighted by Crippen LogP contribution is 2.44. The molecule has 9 nitrogen and oxygen atoms in total. The summed E-state index contributed by atoms with van der Waals surface area (Å²) >= 11 is 0. The Bertz CT molecular complexity index is 1390. The smallest absolute Gasteiger partial charge is 0.264 e. The van der Waals surface area contributed by atoms with Crippen LogP contribution >= 0.6 is 0 Å². The Morgan fingerprint density at radius 1 is 1.14 bits per heavy atom. The predicted molar refractivity (Wildman–Crippen MR) is 141 cm³/mol. The minimum Gasteiger partial charge on any atom is -0.491 e. The number of anilines is 1. The second-order valence-electron chi connectivity index (χ2n) is 10.9. The van der Waals surface area contributed by atoms with Gasteiger partial charge in [0.15, 0.2) is 0 Å². The molecule has 0 radical (unpaired) electrons. The summed E-state index contributed by atoms with van der Waals surface area (Å²) in [4.78, 5) is 8.89. The molecule has 6 rings (SSSR count). The normalized spacial score (nSPS) is 27.6. The van der Waals surface area contributed by atoms with Crippen LogP contribution in [0.25, 0.3) is 22.2 Å². The lowest BCUT2D eigenvalue weighted by atomic mass is 9.86. The number of nitrogens with zero attached hydrogens (tertiary/aromatic N) is 3. The van der Waals surface area contributed by atoms with Crippen molar-refractivity contribution >= 4 is 27.0 Å². The number of hydrogen-bond acceptors (Lipinski definition) is 8. The first kappa shape index (κ1) is 24.6. The van der Waals surface area contributed by atoms with E-state index in [2.05, 4.69) is 32.9 Å². The highest BCUT2D eigenvalue weighted by Gasteiger charge is 2.46. The van der Waals surface area contributed by atoms with Crippen molar-refractivity contribution in [2.24, 2.45) is 5.92 Å². The molecule has 1 aromatic carbocycles. The van der Waals surface area contributed by atoms with E-state index in [-0.39, 0.29) is 24.2 Å². The fourth-order valence-electron chi connectivity index (χ4n) is 6.27. The minimum absolute atomic E-state index is 0.125. The molecule has 37 heavy (non-hydrogen) atoms. The lowest BCUT2D eigenvalue weighted by Crippen LogP contribution is -2.32. The summed E-state index contributed by atoms with van der Waals surface area (Å²) in [7, 11) is -3.42. The Morgan fingerprint density at radius 2 is 1.92 bits per heavy atom. The van der Waals surface area contributed by atoms with Crippen molar-refractivity contribution in [1.29, 1.82) is 0 Å². The molecule has 3 aliphatic rings. The zero-order valence-electron chi connectivity index (χ0n) is 21.1. The quantitative estimate of drug-likeness (QED) is 0.427. The van der Waals surface area contributed by atoms with Crippen LogP contribution in [0, 0.1) is 5.92 Å². The monoisotopic (exact) mass is 526 g/mol. The number of aromatic nitrogens is 3. The lowest BCUT2D eigenvalue weighted by molar-refractivity contribution is -0.0198. The molecular weight excluding hydrogens is 492 g/mol. The summed E-state index contributed by atoms with van der Waals surface area (Å²) in [5.41, 5.74) is 9.06. The van der Waals surface area contributed by atoms with Gasteiger partial charge in [0, 0.05) is 17.8 Å². The molecule has 0 atom stereocenters. The van der Waals surface area contributed by atoms with E-state index in [1.54, 1.807) is 0 Å². The number of nitrogens with two attached hydrogens (primary N) is 1. The SMILES string of the molecule is CS(=O)(=O)OCC1CCC(n2cc(-c3cccc(OCC45CCC(CC4)O5)c3)c3c(N)ncnc32)CC1. The van der Waals surface area contributed by atoms with Crippen molar-refractivity contribution in [3.05, 3.63) is 36.8 Å². The van der Waals surface area contributed by atoms with E-state index >= 15 is 0 Å². The number of fused-ring (bicyclic) bond motifs is 3. The summed E-state index contributed by atoms with van der Waals surface area (Å²) < 4.78 is 42.4. The first-order chi connectivity index (χ1) is 17.8. The van der Waals surface area contributed by atoms with Gasteiger partial charge in [-0.3, -0.25) is 4.18 Å². The third-order valence-electron chi connectivity index (χ3n) is 8.27. The predicted octanol–water partition coefficient (Wildman–Crippen LogP) is 4.48. The first-order valence-corrected chi connectivity index (χ1v) is 15.0. The Hall–Kier alpha value is -2.69. The van der Waals surface area contributed by atoms with Gasteiger partial charge >= 0.3 is 0 Å². The molecule has 198 valence electrons. The molecule has 3 aromatic rings. The van der Waals surface area contributed by atoms with Crippen LogP contribution in [0.2, 0.25) is 0 Å². The van der Waals surface area contributed by atoms with Crippen LogP contribution < -0.4 is 10.5 Å². The second kappa shape index (κ2) is 9.56. The van der Waals surface area contributed by atoms with Crippen LogP contribution in [0.4, 0.5) is 5.82 Å². The van der Waals surface area contributed by atoms with Gasteiger partial charge in [-0.15, -0.1) is 0 Å². The highest BCUT2D eigenvalue weighted by atomic mass is 32.2. The Morgan fingerprint density at radius 3 is 2.62 bits per heavy atom. The fraction of sp³-hybridized carbons (Fsp3) is 0.556. The number of rotatable bonds is 8. The molecule has 2 aromatic heterocycles. The summed E-state index contributed by atoms with van der Waals surface area (Å²) in [6, 6.07) is 8.36. The topological polar surface area (TPSA) is 119 Å². The van der Waals surface area contributed by atoms with E-state index in [4.69, 9.17) is 19.4 Å². The third-order valence-corrected chi connectivity index (χ3v) is 8.84. The van der Waals surface area contributed by atoms with Crippen LogP contribution in [0.1, 0.15) is 57.4 Å². The maximum atomic E-state index is 11.4. The Kier molecular flexibility index (Phi) is 6.37. The average Bonchev–Trinajstić information content (AvgIpc) is 3.60. The van der Waals surface area contributed by atoms with Gasteiger partial charge in [0.2, 0.25) is 0 Å². The number of nitrogen functional groups attached to an aromatic ring is 1. The largest absolute Gasteiger partial charge is 0.491 e. The van der Waals surface area contributed by atoms with Gasteiger partial charge in [0.05, 0.1) is 24.4 Å². The third kappa shape index (κ3) is 5.06. The molecule has 0 amide bonds. The van der Waals surface area contributed by atoms with Gasteiger partial charge in [0.25, 0.3) is 10.1 Å². The van der Waals surface area contributed by atoms with Gasteiger partial charge < -0.3 is 19.8 Å². The first-order valence-electron chi connectivity index (χ1n) is 13.2. The summed E-state index contributed by atoms with van der Waals surface area (Å²) in [6.45, 7) is 0.824. The summed E-state index contributed by atoms with van der Waals surface area (Å²) in [5, 5.41) is 0.846. The zero-order chi connectivity index (χ0) is 25.6. The molecule has 1 aliphatic carbocycles. The number of benzene rings is 1. The van der Waals surface area contributed by atoms with Crippen molar-refractivity contribution in [3.63, 3.8) is 0 Å². The van der Waals surface area contributed by atoms with Gasteiger partial charge in [-0.2, -0.15) is 8.42 Å². The molecule has 1 saturated carbocycles. The maximum absolute atomic E-state index is 11.4. The maximum Gasteiger partial charge on any atom is 0.264 e. The van der Waals surface area contributed by atoms with E-state index in [1.165, 1.54) is 6.33 Å². The number of ether oxygens (including phenoxy) is 2. The molecule has 2 saturated heterocycles. The standard InChI is InChI=1S/C27H34N4O5S/c1-37(32,33)35-15-18-5-7-20(8-6-18)31-14-23(24-25(28)29-17-30-26(24)31)19-3-2-4-22(13-19)34-16-27-11-9-21(36-27)10-12-27/h2-4,13-14,17-18,20-21H,5-12,15-16H2,1H3,(H2,28,29,30). The van der Waals surface area contributed by atoms with Crippen LogP contribution in [-0.4, -0.2) is 54.1 Å². The van der Waals surface area contributed by atoms with Crippen LogP contribution in [0.3, 0.4) is 0 Å².